The number of β-amino-alcohol motifs (C(OH)–C–C–N with tert-alkyl or cyclic N) is 1. The molecule has 1 fully saturated rings. The van der Waals surface area contributed by atoms with Gasteiger partial charge in [0.1, 0.15) is 11.4 Å². The fourth-order valence-electron chi connectivity index (χ4n) is 2.65. The zero-order valence-corrected chi connectivity index (χ0v) is 13.0. The number of hydrogen-bond acceptors (Lipinski definition) is 6. The maximum atomic E-state index is 12.0. The molecule has 3 rings (SSSR count). The van der Waals surface area contributed by atoms with Gasteiger partial charge in [0.15, 0.2) is 0 Å². The molecule has 1 aliphatic rings. The van der Waals surface area contributed by atoms with Crippen molar-refractivity contribution in [1.82, 2.24) is 15.5 Å². The average Bonchev–Trinajstić information content (AvgIpc) is 3.21. The summed E-state index contributed by atoms with van der Waals surface area (Å²) in [5, 5.41) is 17.2. The molecular formula is C16H20N4O3. The molecule has 2 aromatic rings. The molecule has 1 saturated heterocycles. The fourth-order valence-corrected chi connectivity index (χ4v) is 2.65. The number of anilines is 1. The summed E-state index contributed by atoms with van der Waals surface area (Å²) < 4.78 is 4.99. The lowest BCUT2D eigenvalue weighted by molar-refractivity contribution is 0.0564. The number of carbonyl (C=O) groups is 1. The van der Waals surface area contributed by atoms with Gasteiger partial charge in [-0.25, -0.2) is 4.98 Å². The standard InChI is InChI=1S/C16H20N4O3/c1-2-12-9-13(23-19-12)15(21)18-10-16(22)6-8-20(11-16)14-5-3-4-7-17-14/h3-5,7,9,22H,2,6,8,10-11H2,1H3,(H,18,21)/t16-/m0/s1. The molecule has 122 valence electrons. The second kappa shape index (κ2) is 6.37. The summed E-state index contributed by atoms with van der Waals surface area (Å²) in [6.45, 7) is 3.23. The highest BCUT2D eigenvalue weighted by atomic mass is 16.5. The van der Waals surface area contributed by atoms with Crippen LogP contribution in [0.5, 0.6) is 0 Å². The minimum Gasteiger partial charge on any atom is -0.386 e. The molecule has 0 saturated carbocycles. The highest BCUT2D eigenvalue weighted by molar-refractivity contribution is 5.91. The lowest BCUT2D eigenvalue weighted by atomic mass is 10.0. The van der Waals surface area contributed by atoms with E-state index in [-0.39, 0.29) is 18.2 Å². The number of aliphatic hydroxyl groups is 1. The molecule has 0 spiro atoms. The van der Waals surface area contributed by atoms with E-state index in [0.29, 0.717) is 25.9 Å². The van der Waals surface area contributed by atoms with Gasteiger partial charge in [0.05, 0.1) is 5.69 Å². The maximum absolute atomic E-state index is 12.0. The normalized spacial score (nSPS) is 20.7. The van der Waals surface area contributed by atoms with Crippen molar-refractivity contribution in [3.05, 3.63) is 41.9 Å². The van der Waals surface area contributed by atoms with Crippen molar-refractivity contribution in [3.63, 3.8) is 0 Å². The Bertz CT molecular complexity index is 673. The van der Waals surface area contributed by atoms with Gasteiger partial charge in [-0.05, 0) is 25.0 Å². The molecule has 2 aromatic heterocycles. The lowest BCUT2D eigenvalue weighted by Crippen LogP contribution is -2.45. The second-order valence-electron chi connectivity index (χ2n) is 5.80. The summed E-state index contributed by atoms with van der Waals surface area (Å²) >= 11 is 0. The van der Waals surface area contributed by atoms with Gasteiger partial charge in [-0.15, -0.1) is 0 Å². The lowest BCUT2D eigenvalue weighted by Gasteiger charge is -2.23. The van der Waals surface area contributed by atoms with E-state index < -0.39 is 5.60 Å². The van der Waals surface area contributed by atoms with E-state index in [0.717, 1.165) is 11.5 Å². The van der Waals surface area contributed by atoms with Gasteiger partial charge in [-0.3, -0.25) is 4.79 Å². The van der Waals surface area contributed by atoms with Gasteiger partial charge in [0.2, 0.25) is 5.76 Å². The molecule has 0 bridgehead atoms. The molecule has 3 heterocycles. The molecule has 1 atom stereocenters. The van der Waals surface area contributed by atoms with Crippen LogP contribution in [0.2, 0.25) is 0 Å². The third-order valence-corrected chi connectivity index (χ3v) is 4.03. The largest absolute Gasteiger partial charge is 0.386 e. The van der Waals surface area contributed by atoms with Crippen molar-refractivity contribution in [2.75, 3.05) is 24.5 Å². The third kappa shape index (κ3) is 3.50. The summed E-state index contributed by atoms with van der Waals surface area (Å²) in [5.41, 5.74) is -0.239. The van der Waals surface area contributed by atoms with Crippen LogP contribution in [0.4, 0.5) is 5.82 Å². The smallest absolute Gasteiger partial charge is 0.290 e. The van der Waals surface area contributed by atoms with Gasteiger partial charge in [-0.2, -0.15) is 0 Å². The first-order valence-electron chi connectivity index (χ1n) is 7.72. The SMILES string of the molecule is CCc1cc(C(=O)NC[C@@]2(O)CCN(c3ccccn3)C2)on1. The van der Waals surface area contributed by atoms with Crippen LogP contribution in [0.15, 0.2) is 35.0 Å². The highest BCUT2D eigenvalue weighted by Crippen LogP contribution is 2.24. The fraction of sp³-hybridized carbons (Fsp3) is 0.438. The van der Waals surface area contributed by atoms with Gasteiger partial charge in [-0.1, -0.05) is 18.1 Å². The van der Waals surface area contributed by atoms with E-state index >= 15 is 0 Å². The minimum absolute atomic E-state index is 0.164. The number of aromatic nitrogens is 2. The Morgan fingerprint density at radius 3 is 3.09 bits per heavy atom. The van der Waals surface area contributed by atoms with E-state index in [4.69, 9.17) is 4.52 Å². The van der Waals surface area contributed by atoms with Crippen molar-refractivity contribution in [2.45, 2.75) is 25.4 Å². The van der Waals surface area contributed by atoms with Crippen molar-refractivity contribution in [3.8, 4) is 0 Å². The Morgan fingerprint density at radius 1 is 1.52 bits per heavy atom. The Kier molecular flexibility index (Phi) is 4.29. The molecule has 7 nitrogen and oxygen atoms in total. The summed E-state index contributed by atoms with van der Waals surface area (Å²) in [7, 11) is 0. The average molecular weight is 316 g/mol. The number of carbonyl (C=O) groups excluding carboxylic acids is 1. The van der Waals surface area contributed by atoms with Crippen LogP contribution in [0.25, 0.3) is 0 Å². The summed E-state index contributed by atoms with van der Waals surface area (Å²) in [5.74, 6) is 0.643. The molecular weight excluding hydrogens is 296 g/mol. The van der Waals surface area contributed by atoms with Crippen LogP contribution >= 0.6 is 0 Å². The summed E-state index contributed by atoms with van der Waals surface area (Å²) in [4.78, 5) is 18.3. The van der Waals surface area contributed by atoms with Crippen molar-refractivity contribution in [1.29, 1.82) is 0 Å². The molecule has 0 aliphatic carbocycles. The topological polar surface area (TPSA) is 91.5 Å². The monoisotopic (exact) mass is 316 g/mol. The van der Waals surface area contributed by atoms with Crippen LogP contribution < -0.4 is 10.2 Å². The molecule has 2 N–H and O–H groups in total. The number of nitrogens with one attached hydrogen (secondary N) is 1. The number of hydrogen-bond donors (Lipinski definition) is 2. The molecule has 1 aliphatic heterocycles. The van der Waals surface area contributed by atoms with Crippen LogP contribution in [-0.2, 0) is 6.42 Å². The minimum atomic E-state index is -0.971. The molecule has 7 heteroatoms. The van der Waals surface area contributed by atoms with E-state index in [1.807, 2.05) is 30.0 Å². The molecule has 0 unspecified atom stereocenters. The van der Waals surface area contributed by atoms with Crippen LogP contribution in [0.1, 0.15) is 29.6 Å². The van der Waals surface area contributed by atoms with Crippen LogP contribution in [-0.4, -0.2) is 46.4 Å². The maximum Gasteiger partial charge on any atom is 0.290 e. The van der Waals surface area contributed by atoms with E-state index in [2.05, 4.69) is 15.5 Å². The van der Waals surface area contributed by atoms with Crippen molar-refractivity contribution >= 4 is 11.7 Å². The van der Waals surface area contributed by atoms with Crippen molar-refractivity contribution in [2.24, 2.45) is 0 Å². The zero-order chi connectivity index (χ0) is 16.3. The van der Waals surface area contributed by atoms with E-state index in [1.165, 1.54) is 0 Å². The van der Waals surface area contributed by atoms with Gasteiger partial charge in [0.25, 0.3) is 5.91 Å². The van der Waals surface area contributed by atoms with Crippen LogP contribution in [0.3, 0.4) is 0 Å². The van der Waals surface area contributed by atoms with Crippen molar-refractivity contribution < 1.29 is 14.4 Å². The Balaban J connectivity index is 1.56. The predicted molar refractivity (Wildman–Crippen MR) is 84.2 cm³/mol. The zero-order valence-electron chi connectivity index (χ0n) is 13.0. The second-order valence-corrected chi connectivity index (χ2v) is 5.80. The number of nitrogens with zero attached hydrogens (tertiary/aromatic N) is 3. The number of pyridine rings is 1. The van der Waals surface area contributed by atoms with Crippen LogP contribution in [0, 0.1) is 0 Å². The quantitative estimate of drug-likeness (QED) is 0.855. The van der Waals surface area contributed by atoms with E-state index in [1.54, 1.807) is 12.3 Å². The van der Waals surface area contributed by atoms with Gasteiger partial charge >= 0.3 is 0 Å². The first kappa shape index (κ1) is 15.5. The summed E-state index contributed by atoms with van der Waals surface area (Å²) in [6.07, 6.45) is 3.00. The molecule has 1 amide bonds. The number of amides is 1. The van der Waals surface area contributed by atoms with Gasteiger partial charge in [0, 0.05) is 31.9 Å². The van der Waals surface area contributed by atoms with Gasteiger partial charge < -0.3 is 19.8 Å². The Hall–Kier alpha value is -2.41. The first-order chi connectivity index (χ1) is 11.1. The molecule has 23 heavy (non-hydrogen) atoms. The highest BCUT2D eigenvalue weighted by Gasteiger charge is 2.37. The predicted octanol–water partition coefficient (Wildman–Crippen LogP) is 1.00. The first-order valence-corrected chi connectivity index (χ1v) is 7.72. The third-order valence-electron chi connectivity index (χ3n) is 4.03. The Morgan fingerprint density at radius 2 is 2.39 bits per heavy atom. The number of aryl methyl sites for hydroxylation is 1. The van der Waals surface area contributed by atoms with E-state index in [9.17, 15) is 9.90 Å². The summed E-state index contributed by atoms with van der Waals surface area (Å²) in [6, 6.07) is 7.30. The number of rotatable bonds is 5. The molecule has 0 aromatic carbocycles. The molecule has 0 radical (unpaired) electrons. The Labute approximate surface area is 134 Å².